The maximum absolute atomic E-state index is 10.1. The lowest BCUT2D eigenvalue weighted by atomic mass is 9.84. The van der Waals surface area contributed by atoms with Crippen LogP contribution in [0.1, 0.15) is 42.9 Å². The highest BCUT2D eigenvalue weighted by molar-refractivity contribution is 6.34. The van der Waals surface area contributed by atoms with Gasteiger partial charge in [-0.15, -0.1) is 11.6 Å². The lowest BCUT2D eigenvalue weighted by molar-refractivity contribution is -0.138. The van der Waals surface area contributed by atoms with Crippen LogP contribution in [0.2, 0.25) is 5.02 Å². The van der Waals surface area contributed by atoms with E-state index in [-0.39, 0.29) is 0 Å². The van der Waals surface area contributed by atoms with Crippen LogP contribution in [0.3, 0.4) is 0 Å². The van der Waals surface area contributed by atoms with E-state index in [1.807, 2.05) is 91.9 Å². The van der Waals surface area contributed by atoms with Gasteiger partial charge < -0.3 is 10.8 Å². The second kappa shape index (κ2) is 11.8. The predicted molar refractivity (Wildman–Crippen MR) is 125 cm³/mol. The van der Waals surface area contributed by atoms with Crippen molar-refractivity contribution in [2.75, 3.05) is 0 Å². The molecule has 0 saturated carbocycles. The van der Waals surface area contributed by atoms with E-state index in [1.54, 1.807) is 0 Å². The van der Waals surface area contributed by atoms with Gasteiger partial charge in [-0.25, -0.2) is 0 Å². The quantitative estimate of drug-likeness (QED) is 0.325. The fourth-order valence-corrected chi connectivity index (χ4v) is 3.84. The number of carboxylic acids is 1. The minimum absolute atomic E-state index is 0.589. The SMILES string of the molecule is CCCC[C@H](N)C(=O)O.Clc1ccccc1C(Cl)(c1ccccc1)c1ccccc1. The van der Waals surface area contributed by atoms with Gasteiger partial charge in [-0.2, -0.15) is 0 Å². The third-order valence-corrected chi connectivity index (χ3v) is 5.74. The molecule has 0 aromatic heterocycles. The summed E-state index contributed by atoms with van der Waals surface area (Å²) in [6.07, 6.45) is 2.49. The summed E-state index contributed by atoms with van der Waals surface area (Å²) in [4.78, 5) is 9.29. The maximum Gasteiger partial charge on any atom is 0.320 e. The highest BCUT2D eigenvalue weighted by Gasteiger charge is 2.35. The molecule has 5 heteroatoms. The van der Waals surface area contributed by atoms with Crippen LogP contribution >= 0.6 is 23.2 Å². The van der Waals surface area contributed by atoms with Crippen molar-refractivity contribution in [1.29, 1.82) is 0 Å². The first kappa shape index (κ1) is 23.9. The maximum atomic E-state index is 10.1. The zero-order valence-electron chi connectivity index (χ0n) is 17.0. The van der Waals surface area contributed by atoms with Gasteiger partial charge in [0.1, 0.15) is 10.9 Å². The molecule has 0 spiro atoms. The second-order valence-corrected chi connectivity index (χ2v) is 7.93. The normalized spacial score (nSPS) is 11.9. The molecule has 0 saturated heterocycles. The highest BCUT2D eigenvalue weighted by Crippen LogP contribution is 2.45. The molecule has 0 amide bonds. The van der Waals surface area contributed by atoms with Crippen LogP contribution in [-0.4, -0.2) is 17.1 Å². The molecule has 158 valence electrons. The molecule has 0 bridgehead atoms. The number of carbonyl (C=O) groups is 1. The number of hydrogen-bond acceptors (Lipinski definition) is 2. The van der Waals surface area contributed by atoms with Crippen molar-refractivity contribution < 1.29 is 9.90 Å². The van der Waals surface area contributed by atoms with E-state index in [0.29, 0.717) is 11.4 Å². The summed E-state index contributed by atoms with van der Waals surface area (Å²) in [5.74, 6) is -0.900. The number of alkyl halides is 1. The third-order valence-electron chi connectivity index (χ3n) is 4.77. The molecule has 1 atom stereocenters. The molecule has 3 nitrogen and oxygen atoms in total. The van der Waals surface area contributed by atoms with Crippen LogP contribution in [0.25, 0.3) is 0 Å². The van der Waals surface area contributed by atoms with Crippen LogP contribution in [0.15, 0.2) is 84.9 Å². The molecule has 0 aliphatic carbocycles. The van der Waals surface area contributed by atoms with Crippen LogP contribution in [0, 0.1) is 0 Å². The number of hydrogen-bond donors (Lipinski definition) is 2. The van der Waals surface area contributed by atoms with E-state index < -0.39 is 16.9 Å². The Hall–Kier alpha value is -2.33. The van der Waals surface area contributed by atoms with Crippen molar-refractivity contribution in [2.24, 2.45) is 5.73 Å². The first-order valence-electron chi connectivity index (χ1n) is 9.94. The van der Waals surface area contributed by atoms with Crippen LogP contribution in [0.4, 0.5) is 0 Å². The Morgan fingerprint density at radius 1 is 0.933 bits per heavy atom. The van der Waals surface area contributed by atoms with Gasteiger partial charge in [0.15, 0.2) is 0 Å². The Kier molecular flexibility index (Phi) is 9.38. The summed E-state index contributed by atoms with van der Waals surface area (Å²) >= 11 is 13.6. The molecule has 0 heterocycles. The number of rotatable bonds is 7. The van der Waals surface area contributed by atoms with E-state index in [4.69, 9.17) is 34.0 Å². The van der Waals surface area contributed by atoms with Crippen molar-refractivity contribution in [3.63, 3.8) is 0 Å². The number of aliphatic carboxylic acids is 1. The minimum atomic E-state index is -0.900. The lowest BCUT2D eigenvalue weighted by Gasteiger charge is -2.30. The van der Waals surface area contributed by atoms with E-state index in [0.717, 1.165) is 29.5 Å². The van der Waals surface area contributed by atoms with Gasteiger partial charge in [0.25, 0.3) is 0 Å². The number of carboxylic acid groups (broad SMARTS) is 1. The number of unbranched alkanes of at least 4 members (excludes halogenated alkanes) is 1. The summed E-state index contributed by atoms with van der Waals surface area (Å²) in [6.45, 7) is 2.01. The monoisotopic (exact) mass is 443 g/mol. The van der Waals surface area contributed by atoms with Gasteiger partial charge in [-0.1, -0.05) is 110 Å². The van der Waals surface area contributed by atoms with Crippen LogP contribution in [-0.2, 0) is 9.67 Å². The Labute approximate surface area is 188 Å². The first-order chi connectivity index (χ1) is 14.4. The van der Waals surface area contributed by atoms with E-state index in [1.165, 1.54) is 0 Å². The fraction of sp³-hybridized carbons (Fsp3) is 0.240. The Morgan fingerprint density at radius 3 is 1.83 bits per heavy atom. The van der Waals surface area contributed by atoms with Crippen molar-refractivity contribution in [1.82, 2.24) is 0 Å². The third kappa shape index (κ3) is 6.09. The molecular weight excluding hydrogens is 417 g/mol. The summed E-state index contributed by atoms with van der Waals surface area (Å²) < 4.78 is 0. The number of benzene rings is 3. The van der Waals surface area contributed by atoms with Gasteiger partial charge in [0.2, 0.25) is 0 Å². The van der Waals surface area contributed by atoms with Crippen molar-refractivity contribution >= 4 is 29.2 Å². The van der Waals surface area contributed by atoms with Gasteiger partial charge in [-0.05, 0) is 23.6 Å². The van der Waals surface area contributed by atoms with Gasteiger partial charge in [-0.3, -0.25) is 4.79 Å². The molecular formula is C25H27Cl2NO2. The molecule has 3 N–H and O–H groups in total. The van der Waals surface area contributed by atoms with Crippen molar-refractivity contribution in [3.05, 3.63) is 107 Å². The summed E-state index contributed by atoms with van der Waals surface area (Å²) in [5, 5.41) is 8.95. The highest BCUT2D eigenvalue weighted by atomic mass is 35.5. The smallest absolute Gasteiger partial charge is 0.320 e. The second-order valence-electron chi connectivity index (χ2n) is 6.96. The van der Waals surface area contributed by atoms with Gasteiger partial charge in [0.05, 0.1) is 0 Å². The Bertz CT molecular complexity index is 877. The van der Waals surface area contributed by atoms with Crippen LogP contribution < -0.4 is 5.73 Å². The van der Waals surface area contributed by atoms with Gasteiger partial charge in [0, 0.05) is 10.6 Å². The fourth-order valence-electron chi connectivity index (χ4n) is 3.10. The zero-order chi connectivity index (χ0) is 22.0. The summed E-state index contributed by atoms with van der Waals surface area (Å²) in [6, 6.07) is 27.1. The average Bonchev–Trinajstić information content (AvgIpc) is 2.78. The van der Waals surface area contributed by atoms with Crippen molar-refractivity contribution in [3.8, 4) is 0 Å². The summed E-state index contributed by atoms with van der Waals surface area (Å²) in [5.41, 5.74) is 8.11. The first-order valence-corrected chi connectivity index (χ1v) is 10.7. The van der Waals surface area contributed by atoms with E-state index in [9.17, 15) is 4.79 Å². The minimum Gasteiger partial charge on any atom is -0.480 e. The summed E-state index contributed by atoms with van der Waals surface area (Å²) in [7, 11) is 0. The molecule has 3 rings (SSSR count). The van der Waals surface area contributed by atoms with Crippen LogP contribution in [0.5, 0.6) is 0 Å². The molecule has 0 unspecified atom stereocenters. The molecule has 30 heavy (non-hydrogen) atoms. The molecule has 3 aromatic carbocycles. The molecule has 0 aliphatic heterocycles. The standard InChI is InChI=1S/C19H14Cl2.C6H13NO2/c20-18-14-8-7-13-17(18)19(21,15-9-3-1-4-10-15)16-11-5-2-6-12-16;1-2-3-4-5(7)6(8)9/h1-14H;5H,2-4,7H2,1H3,(H,8,9)/t;5-/m.0/s1. The van der Waals surface area contributed by atoms with Gasteiger partial charge >= 0.3 is 5.97 Å². The van der Waals surface area contributed by atoms with Crippen molar-refractivity contribution in [2.45, 2.75) is 37.1 Å². The molecule has 0 fully saturated rings. The van der Waals surface area contributed by atoms with E-state index in [2.05, 4.69) is 0 Å². The molecule has 0 aliphatic rings. The predicted octanol–water partition coefficient (Wildman–Crippen LogP) is 6.46. The number of nitrogens with two attached hydrogens (primary N) is 1. The molecule has 0 radical (unpaired) electrons. The Balaban J connectivity index is 0.000000303. The lowest BCUT2D eigenvalue weighted by Crippen LogP contribution is -2.29. The Morgan fingerprint density at radius 2 is 1.40 bits per heavy atom. The topological polar surface area (TPSA) is 63.3 Å². The largest absolute Gasteiger partial charge is 0.480 e. The molecule has 3 aromatic rings. The number of halogens is 2. The van der Waals surface area contributed by atoms with E-state index >= 15 is 0 Å². The zero-order valence-corrected chi connectivity index (χ0v) is 18.5. The average molecular weight is 444 g/mol.